The Labute approximate surface area is 103 Å². The summed E-state index contributed by atoms with van der Waals surface area (Å²) in [5, 5.41) is 2.94. The van der Waals surface area contributed by atoms with E-state index < -0.39 is 0 Å². The minimum Gasteiger partial charge on any atom is -0.356 e. The van der Waals surface area contributed by atoms with Crippen molar-refractivity contribution in [2.24, 2.45) is 11.7 Å². The van der Waals surface area contributed by atoms with Gasteiger partial charge in [0.2, 0.25) is 5.91 Å². The van der Waals surface area contributed by atoms with E-state index >= 15 is 0 Å². The lowest BCUT2D eigenvalue weighted by molar-refractivity contribution is -0.124. The molecule has 17 heavy (non-hydrogen) atoms. The molecule has 3 N–H and O–H groups in total. The van der Waals surface area contributed by atoms with Gasteiger partial charge in [-0.05, 0) is 18.4 Å². The van der Waals surface area contributed by atoms with Gasteiger partial charge in [0.15, 0.2) is 0 Å². The van der Waals surface area contributed by atoms with Gasteiger partial charge >= 0.3 is 0 Å². The van der Waals surface area contributed by atoms with Crippen LogP contribution < -0.4 is 11.1 Å². The van der Waals surface area contributed by atoms with Gasteiger partial charge in [-0.3, -0.25) is 4.79 Å². The molecule has 3 nitrogen and oxygen atoms in total. The van der Waals surface area contributed by atoms with Crippen molar-refractivity contribution in [2.75, 3.05) is 13.1 Å². The first kappa shape index (κ1) is 13.7. The molecule has 0 aliphatic rings. The fourth-order valence-electron chi connectivity index (χ4n) is 1.71. The third-order valence-corrected chi connectivity index (χ3v) is 2.81. The molecule has 0 aliphatic heterocycles. The van der Waals surface area contributed by atoms with Gasteiger partial charge in [0.05, 0.1) is 5.92 Å². The monoisotopic (exact) mass is 234 g/mol. The predicted octanol–water partition coefficient (Wildman–Crippen LogP) is 1.72. The zero-order chi connectivity index (χ0) is 12.5. The first-order chi connectivity index (χ1) is 8.27. The molecule has 1 aromatic carbocycles. The Morgan fingerprint density at radius 2 is 2.06 bits per heavy atom. The molecular formula is C14H22N2O. The maximum Gasteiger partial charge on any atom is 0.224 e. The van der Waals surface area contributed by atoms with Gasteiger partial charge in [0.25, 0.3) is 0 Å². The fraction of sp³-hybridized carbons (Fsp3) is 0.500. The van der Waals surface area contributed by atoms with Crippen LogP contribution in [0.3, 0.4) is 0 Å². The molecule has 1 atom stereocenters. The second kappa shape index (κ2) is 7.85. The van der Waals surface area contributed by atoms with Crippen LogP contribution in [-0.2, 0) is 11.2 Å². The van der Waals surface area contributed by atoms with Gasteiger partial charge in [-0.25, -0.2) is 0 Å². The standard InChI is InChI=1S/C14H22N2O/c1-2-3-9-16-14(17)13(11-15)10-12-7-5-4-6-8-12/h4-8,13H,2-3,9-11,15H2,1H3,(H,16,17). The smallest absolute Gasteiger partial charge is 0.224 e. The van der Waals surface area contributed by atoms with Crippen molar-refractivity contribution in [3.8, 4) is 0 Å². The minimum absolute atomic E-state index is 0.0739. The van der Waals surface area contributed by atoms with Gasteiger partial charge in [-0.15, -0.1) is 0 Å². The van der Waals surface area contributed by atoms with E-state index in [-0.39, 0.29) is 11.8 Å². The van der Waals surface area contributed by atoms with Crippen molar-refractivity contribution < 1.29 is 4.79 Å². The summed E-state index contributed by atoms with van der Waals surface area (Å²) in [6.07, 6.45) is 2.83. The van der Waals surface area contributed by atoms with Gasteiger partial charge in [-0.1, -0.05) is 43.7 Å². The Bertz CT molecular complexity index is 324. The Kier molecular flexibility index (Phi) is 6.33. The van der Waals surface area contributed by atoms with Crippen LogP contribution in [0, 0.1) is 5.92 Å². The van der Waals surface area contributed by atoms with Crippen LogP contribution in [-0.4, -0.2) is 19.0 Å². The topological polar surface area (TPSA) is 55.1 Å². The van der Waals surface area contributed by atoms with Crippen LogP contribution in [0.2, 0.25) is 0 Å². The summed E-state index contributed by atoms with van der Waals surface area (Å²) in [6, 6.07) is 10.0. The third-order valence-electron chi connectivity index (χ3n) is 2.81. The first-order valence-electron chi connectivity index (χ1n) is 6.29. The molecular weight excluding hydrogens is 212 g/mol. The van der Waals surface area contributed by atoms with Gasteiger partial charge < -0.3 is 11.1 Å². The summed E-state index contributed by atoms with van der Waals surface area (Å²) in [7, 11) is 0. The van der Waals surface area contributed by atoms with Gasteiger partial charge in [0.1, 0.15) is 0 Å². The summed E-state index contributed by atoms with van der Waals surface area (Å²) in [5.41, 5.74) is 6.83. The maximum absolute atomic E-state index is 11.9. The summed E-state index contributed by atoms with van der Waals surface area (Å²) in [6.45, 7) is 3.25. The van der Waals surface area contributed by atoms with E-state index in [2.05, 4.69) is 12.2 Å². The number of hydrogen-bond acceptors (Lipinski definition) is 2. The molecule has 0 spiro atoms. The van der Waals surface area contributed by atoms with Crippen LogP contribution >= 0.6 is 0 Å². The number of carbonyl (C=O) groups excluding carboxylic acids is 1. The molecule has 0 fully saturated rings. The lowest BCUT2D eigenvalue weighted by Crippen LogP contribution is -2.36. The highest BCUT2D eigenvalue weighted by atomic mass is 16.1. The Balaban J connectivity index is 2.45. The predicted molar refractivity (Wildman–Crippen MR) is 70.6 cm³/mol. The van der Waals surface area contributed by atoms with Crippen molar-refractivity contribution in [1.29, 1.82) is 0 Å². The Hall–Kier alpha value is -1.35. The van der Waals surface area contributed by atoms with Crippen molar-refractivity contribution in [2.45, 2.75) is 26.2 Å². The van der Waals surface area contributed by atoms with Gasteiger partial charge in [0, 0.05) is 13.1 Å². The van der Waals surface area contributed by atoms with E-state index in [0.717, 1.165) is 31.4 Å². The number of carbonyl (C=O) groups is 1. The second-order valence-electron chi connectivity index (χ2n) is 4.27. The summed E-state index contributed by atoms with van der Waals surface area (Å²) >= 11 is 0. The Morgan fingerprint density at radius 3 is 2.65 bits per heavy atom. The minimum atomic E-state index is -0.116. The molecule has 0 heterocycles. The SMILES string of the molecule is CCCCNC(=O)C(CN)Cc1ccccc1. The van der Waals surface area contributed by atoms with Crippen LogP contribution in [0.25, 0.3) is 0 Å². The maximum atomic E-state index is 11.9. The highest BCUT2D eigenvalue weighted by Gasteiger charge is 2.16. The highest BCUT2D eigenvalue weighted by molar-refractivity contribution is 5.79. The number of rotatable bonds is 7. The average Bonchev–Trinajstić information content (AvgIpc) is 2.37. The number of nitrogens with one attached hydrogen (secondary N) is 1. The molecule has 1 amide bonds. The quantitative estimate of drug-likeness (QED) is 0.706. The van der Waals surface area contributed by atoms with E-state index in [1.54, 1.807) is 0 Å². The molecule has 0 aromatic heterocycles. The van der Waals surface area contributed by atoms with Crippen molar-refractivity contribution in [3.05, 3.63) is 35.9 Å². The molecule has 1 unspecified atom stereocenters. The zero-order valence-corrected chi connectivity index (χ0v) is 10.5. The number of hydrogen-bond donors (Lipinski definition) is 2. The van der Waals surface area contributed by atoms with Crippen LogP contribution in [0.15, 0.2) is 30.3 Å². The van der Waals surface area contributed by atoms with E-state index in [9.17, 15) is 4.79 Å². The molecule has 3 heteroatoms. The van der Waals surface area contributed by atoms with Gasteiger partial charge in [-0.2, -0.15) is 0 Å². The second-order valence-corrected chi connectivity index (χ2v) is 4.27. The third kappa shape index (κ3) is 5.00. The average molecular weight is 234 g/mol. The summed E-state index contributed by atoms with van der Waals surface area (Å²) in [5.74, 6) is -0.0425. The molecule has 0 radical (unpaired) electrons. The number of nitrogens with two attached hydrogens (primary N) is 1. The largest absolute Gasteiger partial charge is 0.356 e. The fourth-order valence-corrected chi connectivity index (χ4v) is 1.71. The molecule has 0 saturated heterocycles. The van der Waals surface area contributed by atoms with Crippen LogP contribution in [0.4, 0.5) is 0 Å². The molecule has 0 saturated carbocycles. The van der Waals surface area contributed by atoms with Crippen molar-refractivity contribution in [3.63, 3.8) is 0 Å². The molecule has 1 rings (SSSR count). The van der Waals surface area contributed by atoms with E-state index in [4.69, 9.17) is 5.73 Å². The Morgan fingerprint density at radius 1 is 1.35 bits per heavy atom. The number of unbranched alkanes of at least 4 members (excludes halogenated alkanes) is 1. The van der Waals surface area contributed by atoms with Crippen molar-refractivity contribution >= 4 is 5.91 Å². The first-order valence-corrected chi connectivity index (χ1v) is 6.29. The normalized spacial score (nSPS) is 12.1. The molecule has 0 aliphatic carbocycles. The van der Waals surface area contributed by atoms with E-state index in [0.29, 0.717) is 6.54 Å². The van der Waals surface area contributed by atoms with E-state index in [1.165, 1.54) is 0 Å². The molecule has 0 bridgehead atoms. The number of amides is 1. The zero-order valence-electron chi connectivity index (χ0n) is 10.5. The summed E-state index contributed by atoms with van der Waals surface area (Å²) < 4.78 is 0. The molecule has 1 aromatic rings. The van der Waals surface area contributed by atoms with Crippen LogP contribution in [0.5, 0.6) is 0 Å². The van der Waals surface area contributed by atoms with E-state index in [1.807, 2.05) is 30.3 Å². The lowest BCUT2D eigenvalue weighted by atomic mass is 9.98. The van der Waals surface area contributed by atoms with Crippen LogP contribution in [0.1, 0.15) is 25.3 Å². The lowest BCUT2D eigenvalue weighted by Gasteiger charge is -2.14. The summed E-state index contributed by atoms with van der Waals surface area (Å²) in [4.78, 5) is 11.9. The molecule has 94 valence electrons. The highest BCUT2D eigenvalue weighted by Crippen LogP contribution is 2.07. The number of benzene rings is 1. The van der Waals surface area contributed by atoms with Crippen molar-refractivity contribution in [1.82, 2.24) is 5.32 Å².